The fourth-order valence-corrected chi connectivity index (χ4v) is 4.60. The summed E-state index contributed by atoms with van der Waals surface area (Å²) >= 11 is 13.4. The van der Waals surface area contributed by atoms with Crippen LogP contribution in [-0.4, -0.2) is 29.2 Å². The van der Waals surface area contributed by atoms with E-state index in [-0.39, 0.29) is 30.9 Å². The van der Waals surface area contributed by atoms with Gasteiger partial charge in [0.05, 0.1) is 16.5 Å². The van der Waals surface area contributed by atoms with Crippen molar-refractivity contribution in [2.75, 3.05) is 13.2 Å². The van der Waals surface area contributed by atoms with Crippen LogP contribution in [0.3, 0.4) is 0 Å². The van der Waals surface area contributed by atoms with E-state index < -0.39 is 0 Å². The number of imide groups is 1. The van der Waals surface area contributed by atoms with Gasteiger partial charge in [0.25, 0.3) is 11.1 Å². The summed E-state index contributed by atoms with van der Waals surface area (Å²) in [7, 11) is 0. The summed E-state index contributed by atoms with van der Waals surface area (Å²) in [5, 5.41) is 0.691. The number of halogens is 2. The van der Waals surface area contributed by atoms with Gasteiger partial charge in [-0.05, 0) is 66.2 Å². The van der Waals surface area contributed by atoms with Crippen LogP contribution >= 0.6 is 35.0 Å². The number of rotatable bonds is 8. The molecule has 3 aromatic carbocycles. The van der Waals surface area contributed by atoms with Gasteiger partial charge in [-0.15, -0.1) is 0 Å². The largest absolute Gasteiger partial charge is 0.492 e. The average Bonchev–Trinajstić information content (AvgIpc) is 3.07. The molecule has 8 heteroatoms. The second-order valence-corrected chi connectivity index (χ2v) is 9.38. The van der Waals surface area contributed by atoms with Gasteiger partial charge in [0.2, 0.25) is 0 Å². The number of thioether (sulfide) groups is 1. The van der Waals surface area contributed by atoms with E-state index in [4.69, 9.17) is 32.7 Å². The lowest BCUT2D eigenvalue weighted by Crippen LogP contribution is -2.32. The monoisotopic (exact) mass is 513 g/mol. The molecule has 174 valence electrons. The Balaban J connectivity index is 1.37. The molecule has 0 radical (unpaired) electrons. The number of carbonyl (C=O) groups is 2. The maximum atomic E-state index is 12.8. The van der Waals surface area contributed by atoms with Gasteiger partial charge in [-0.25, -0.2) is 0 Å². The molecule has 1 fully saturated rings. The average molecular weight is 514 g/mol. The molecule has 1 aliphatic rings. The highest BCUT2D eigenvalue weighted by Gasteiger charge is 2.34. The van der Waals surface area contributed by atoms with Crippen LogP contribution < -0.4 is 9.47 Å². The lowest BCUT2D eigenvalue weighted by atomic mass is 10.2. The lowest BCUT2D eigenvalue weighted by Gasteiger charge is -2.13. The zero-order valence-corrected chi connectivity index (χ0v) is 20.6. The molecule has 3 aromatic rings. The number of carbonyl (C=O) groups excluding carboxylic acids is 2. The van der Waals surface area contributed by atoms with E-state index >= 15 is 0 Å². The van der Waals surface area contributed by atoms with E-state index in [1.807, 2.05) is 49.4 Å². The van der Waals surface area contributed by atoms with Crippen molar-refractivity contribution in [2.45, 2.75) is 13.5 Å². The van der Waals surface area contributed by atoms with Gasteiger partial charge in [0.1, 0.15) is 24.7 Å². The minimum Gasteiger partial charge on any atom is -0.492 e. The number of benzene rings is 3. The molecule has 0 N–H and O–H groups in total. The predicted octanol–water partition coefficient (Wildman–Crippen LogP) is 7.00. The molecule has 0 unspecified atom stereocenters. The Morgan fingerprint density at radius 3 is 2.53 bits per heavy atom. The van der Waals surface area contributed by atoms with Gasteiger partial charge < -0.3 is 9.47 Å². The molecular formula is C26H21Cl2NO4S. The first kappa shape index (κ1) is 24.2. The van der Waals surface area contributed by atoms with Crippen molar-refractivity contribution in [1.82, 2.24) is 4.90 Å². The van der Waals surface area contributed by atoms with Crippen molar-refractivity contribution >= 4 is 52.2 Å². The third kappa shape index (κ3) is 5.95. The Morgan fingerprint density at radius 2 is 1.76 bits per heavy atom. The van der Waals surface area contributed by atoms with Crippen LogP contribution in [0.15, 0.2) is 71.6 Å². The summed E-state index contributed by atoms with van der Waals surface area (Å²) in [6.07, 6.45) is 1.65. The second kappa shape index (κ2) is 11.0. The molecule has 1 saturated heterocycles. The van der Waals surface area contributed by atoms with E-state index in [0.29, 0.717) is 32.0 Å². The van der Waals surface area contributed by atoms with Crippen LogP contribution in [0.25, 0.3) is 6.08 Å². The zero-order valence-electron chi connectivity index (χ0n) is 18.3. The van der Waals surface area contributed by atoms with Crippen LogP contribution in [0.1, 0.15) is 16.7 Å². The number of ether oxygens (including phenoxy) is 2. The highest BCUT2D eigenvalue weighted by atomic mass is 35.5. The minimum absolute atomic E-state index is 0.172. The Labute approximate surface area is 212 Å². The summed E-state index contributed by atoms with van der Waals surface area (Å²) in [5.41, 5.74) is 2.62. The predicted molar refractivity (Wildman–Crippen MR) is 137 cm³/mol. The Morgan fingerprint density at radius 1 is 0.941 bits per heavy atom. The van der Waals surface area contributed by atoms with E-state index in [1.54, 1.807) is 30.3 Å². The van der Waals surface area contributed by atoms with Crippen molar-refractivity contribution in [1.29, 1.82) is 0 Å². The van der Waals surface area contributed by atoms with Gasteiger partial charge in [0, 0.05) is 10.6 Å². The van der Waals surface area contributed by atoms with Crippen LogP contribution in [-0.2, 0) is 11.4 Å². The summed E-state index contributed by atoms with van der Waals surface area (Å²) in [6.45, 7) is 2.64. The summed E-state index contributed by atoms with van der Waals surface area (Å²) in [4.78, 5) is 26.6. The molecule has 4 rings (SSSR count). The number of hydrogen-bond acceptors (Lipinski definition) is 5. The standard InChI is InChI=1S/C26H21Cl2NO4S/c1-17-5-4-7-20(13-17)32-12-11-29-25(30)24(34-26(29)31)15-18-9-10-23(22(28)14-18)33-16-19-6-2-3-8-21(19)27/h2-10,13-15H,11-12,16H2,1H3/b24-15-. The van der Waals surface area contributed by atoms with Crippen molar-refractivity contribution in [2.24, 2.45) is 0 Å². The highest BCUT2D eigenvalue weighted by molar-refractivity contribution is 8.18. The highest BCUT2D eigenvalue weighted by Crippen LogP contribution is 2.34. The smallest absolute Gasteiger partial charge is 0.293 e. The molecule has 1 heterocycles. The Bertz CT molecular complexity index is 1260. The number of amides is 2. The normalized spacial score (nSPS) is 14.7. The molecular weight excluding hydrogens is 493 g/mol. The quantitative estimate of drug-likeness (QED) is 0.303. The summed E-state index contributed by atoms with van der Waals surface area (Å²) in [6, 6.07) is 20.2. The van der Waals surface area contributed by atoms with Crippen LogP contribution in [0.4, 0.5) is 4.79 Å². The van der Waals surface area contributed by atoms with E-state index in [2.05, 4.69) is 0 Å². The number of aryl methyl sites for hydroxylation is 1. The van der Waals surface area contributed by atoms with Gasteiger partial charge in [-0.3, -0.25) is 14.5 Å². The molecule has 5 nitrogen and oxygen atoms in total. The molecule has 0 aromatic heterocycles. The molecule has 0 spiro atoms. The molecule has 0 atom stereocenters. The third-order valence-corrected chi connectivity index (χ3v) is 6.61. The topological polar surface area (TPSA) is 55.8 Å². The van der Waals surface area contributed by atoms with Crippen LogP contribution in [0, 0.1) is 6.92 Å². The van der Waals surface area contributed by atoms with Gasteiger partial charge in [0.15, 0.2) is 0 Å². The first-order valence-electron chi connectivity index (χ1n) is 10.5. The van der Waals surface area contributed by atoms with Crippen molar-refractivity contribution in [3.8, 4) is 11.5 Å². The summed E-state index contributed by atoms with van der Waals surface area (Å²) < 4.78 is 11.5. The lowest BCUT2D eigenvalue weighted by molar-refractivity contribution is -0.123. The van der Waals surface area contributed by atoms with Crippen molar-refractivity contribution in [3.05, 3.63) is 98.4 Å². The van der Waals surface area contributed by atoms with E-state index in [1.165, 1.54) is 4.90 Å². The molecule has 1 aliphatic heterocycles. The van der Waals surface area contributed by atoms with Crippen LogP contribution in [0.5, 0.6) is 11.5 Å². The SMILES string of the molecule is Cc1cccc(OCCN2C(=O)S/C(=C\c3ccc(OCc4ccccc4Cl)c(Cl)c3)C2=O)c1. The zero-order chi connectivity index (χ0) is 24.1. The molecule has 2 amide bonds. The van der Waals surface area contributed by atoms with Crippen LogP contribution in [0.2, 0.25) is 10.0 Å². The molecule has 0 saturated carbocycles. The Hall–Kier alpha value is -2.93. The maximum absolute atomic E-state index is 12.8. The fraction of sp³-hybridized carbons (Fsp3) is 0.154. The summed E-state index contributed by atoms with van der Waals surface area (Å²) in [5.74, 6) is 0.854. The van der Waals surface area contributed by atoms with Gasteiger partial charge in [-0.1, -0.05) is 59.6 Å². The molecule has 0 bridgehead atoms. The first-order valence-corrected chi connectivity index (χ1v) is 12.1. The second-order valence-electron chi connectivity index (χ2n) is 7.57. The fourth-order valence-electron chi connectivity index (χ4n) is 3.30. The molecule has 0 aliphatic carbocycles. The maximum Gasteiger partial charge on any atom is 0.293 e. The number of nitrogens with zero attached hydrogens (tertiary/aromatic N) is 1. The third-order valence-electron chi connectivity index (χ3n) is 5.04. The van der Waals surface area contributed by atoms with E-state index in [9.17, 15) is 9.59 Å². The van der Waals surface area contributed by atoms with Crippen molar-refractivity contribution < 1.29 is 19.1 Å². The Kier molecular flexibility index (Phi) is 7.83. The molecule has 34 heavy (non-hydrogen) atoms. The van der Waals surface area contributed by atoms with Gasteiger partial charge >= 0.3 is 0 Å². The van der Waals surface area contributed by atoms with Crippen molar-refractivity contribution in [3.63, 3.8) is 0 Å². The van der Waals surface area contributed by atoms with E-state index in [0.717, 1.165) is 22.9 Å². The first-order chi connectivity index (χ1) is 16.4. The number of hydrogen-bond donors (Lipinski definition) is 0. The minimum atomic E-state index is -0.349. The van der Waals surface area contributed by atoms with Gasteiger partial charge in [-0.2, -0.15) is 0 Å².